The van der Waals surface area contributed by atoms with E-state index < -0.39 is 0 Å². The fourth-order valence-electron chi connectivity index (χ4n) is 0.953. The topological polar surface area (TPSA) is 61.6 Å². The lowest BCUT2D eigenvalue weighted by Crippen LogP contribution is -2.30. The molecule has 0 aromatic carbocycles. The maximum Gasteiger partial charge on any atom is 0.206 e. The summed E-state index contributed by atoms with van der Waals surface area (Å²) in [6.07, 6.45) is 0.377. The minimum atomic E-state index is -0.335. The molecule has 5 heteroatoms. The number of rotatable bonds is 3. The van der Waals surface area contributed by atoms with E-state index in [9.17, 15) is 10.1 Å². The predicted molar refractivity (Wildman–Crippen MR) is 37.0 cm³/mol. The van der Waals surface area contributed by atoms with E-state index in [2.05, 4.69) is 0 Å². The summed E-state index contributed by atoms with van der Waals surface area (Å²) in [5, 5.41) is 9.95. The normalized spacial score (nSPS) is 24.9. The summed E-state index contributed by atoms with van der Waals surface area (Å²) >= 11 is 0. The van der Waals surface area contributed by atoms with E-state index in [1.165, 1.54) is 0 Å². The zero-order valence-electron chi connectivity index (χ0n) is 6.19. The zero-order chi connectivity index (χ0) is 8.10. The number of ether oxygens (including phenoxy) is 2. The highest BCUT2D eigenvalue weighted by molar-refractivity contribution is 4.59. The average Bonchev–Trinajstić information content (AvgIpc) is 2.03. The van der Waals surface area contributed by atoms with Gasteiger partial charge in [-0.2, -0.15) is 0 Å². The first-order valence-corrected chi connectivity index (χ1v) is 3.60. The monoisotopic (exact) mass is 161 g/mol. The molecule has 1 fully saturated rings. The second kappa shape index (κ2) is 4.25. The Balaban J connectivity index is 2.09. The molecule has 11 heavy (non-hydrogen) atoms. The molecule has 1 aliphatic rings. The van der Waals surface area contributed by atoms with Crippen LogP contribution in [-0.2, 0) is 9.47 Å². The fraction of sp³-hybridized carbons (Fsp3) is 1.00. The first kappa shape index (κ1) is 8.42. The Labute approximate surface area is 64.4 Å². The Bertz CT molecular complexity index is 133. The van der Waals surface area contributed by atoms with Crippen molar-refractivity contribution >= 4 is 0 Å². The summed E-state index contributed by atoms with van der Waals surface area (Å²) in [6, 6.07) is 0. The number of nitro groups is 1. The minimum absolute atomic E-state index is 0.0337. The maximum absolute atomic E-state index is 9.95. The van der Waals surface area contributed by atoms with Gasteiger partial charge in [-0.3, -0.25) is 10.1 Å². The molecule has 0 radical (unpaired) electrons. The van der Waals surface area contributed by atoms with Gasteiger partial charge in [0.2, 0.25) is 6.54 Å². The second-order valence-electron chi connectivity index (χ2n) is 2.41. The van der Waals surface area contributed by atoms with E-state index in [1.807, 2.05) is 0 Å². The molecule has 1 heterocycles. The van der Waals surface area contributed by atoms with Crippen LogP contribution in [0.5, 0.6) is 0 Å². The molecule has 1 saturated heterocycles. The van der Waals surface area contributed by atoms with E-state index in [0.717, 1.165) is 0 Å². The van der Waals surface area contributed by atoms with Crippen LogP contribution in [0.15, 0.2) is 0 Å². The number of hydrogen-bond donors (Lipinski definition) is 0. The van der Waals surface area contributed by atoms with Gasteiger partial charge in [0.25, 0.3) is 0 Å². The van der Waals surface area contributed by atoms with Crippen molar-refractivity contribution < 1.29 is 14.4 Å². The highest BCUT2D eigenvalue weighted by Crippen LogP contribution is 2.04. The van der Waals surface area contributed by atoms with Crippen LogP contribution < -0.4 is 0 Å². The lowest BCUT2D eigenvalue weighted by atomic mass is 10.2. The van der Waals surface area contributed by atoms with Crippen LogP contribution >= 0.6 is 0 Å². The maximum atomic E-state index is 9.95. The van der Waals surface area contributed by atoms with Crippen molar-refractivity contribution in [2.24, 2.45) is 0 Å². The molecular formula is C6H11NO4. The third kappa shape index (κ3) is 3.29. The van der Waals surface area contributed by atoms with Crippen molar-refractivity contribution in [1.29, 1.82) is 0 Å². The lowest BCUT2D eigenvalue weighted by Gasteiger charge is -2.21. The van der Waals surface area contributed by atoms with Gasteiger partial charge in [-0.05, 0) is 0 Å². The predicted octanol–water partition coefficient (Wildman–Crippen LogP) is 0.0686. The van der Waals surface area contributed by atoms with Gasteiger partial charge in [0.1, 0.15) is 0 Å². The molecule has 1 atom stereocenters. The van der Waals surface area contributed by atoms with Crippen LogP contribution in [0.4, 0.5) is 0 Å². The lowest BCUT2D eigenvalue weighted by molar-refractivity contribution is -0.482. The largest absolute Gasteiger partial charge is 0.376 e. The van der Waals surface area contributed by atoms with Crippen molar-refractivity contribution in [2.75, 3.05) is 26.4 Å². The van der Waals surface area contributed by atoms with Gasteiger partial charge >= 0.3 is 0 Å². The van der Waals surface area contributed by atoms with E-state index in [-0.39, 0.29) is 17.6 Å². The van der Waals surface area contributed by atoms with E-state index >= 15 is 0 Å². The second-order valence-corrected chi connectivity index (χ2v) is 2.41. The first-order valence-electron chi connectivity index (χ1n) is 3.60. The summed E-state index contributed by atoms with van der Waals surface area (Å²) in [5.74, 6) is 0. The van der Waals surface area contributed by atoms with Crippen LogP contribution in [0, 0.1) is 10.1 Å². The molecule has 0 N–H and O–H groups in total. The van der Waals surface area contributed by atoms with Crippen LogP contribution in [0.3, 0.4) is 0 Å². The molecule has 0 aromatic rings. The van der Waals surface area contributed by atoms with Gasteiger partial charge < -0.3 is 9.47 Å². The summed E-state index contributed by atoms with van der Waals surface area (Å²) in [4.78, 5) is 9.62. The standard InChI is InChI=1S/C6H11NO4/c8-7(9)2-1-6-5-10-3-4-11-6/h6H,1-5H2. The summed E-state index contributed by atoms with van der Waals surface area (Å²) in [6.45, 7) is 1.62. The van der Waals surface area contributed by atoms with Gasteiger partial charge in [0.05, 0.1) is 25.9 Å². The molecule has 0 aromatic heterocycles. The van der Waals surface area contributed by atoms with Gasteiger partial charge in [-0.1, -0.05) is 0 Å². The van der Waals surface area contributed by atoms with Crippen molar-refractivity contribution in [3.63, 3.8) is 0 Å². The quantitative estimate of drug-likeness (QED) is 0.434. The Morgan fingerprint density at radius 2 is 2.36 bits per heavy atom. The number of hydrogen-bond acceptors (Lipinski definition) is 4. The van der Waals surface area contributed by atoms with Crippen LogP contribution in [-0.4, -0.2) is 37.4 Å². The van der Waals surface area contributed by atoms with E-state index in [0.29, 0.717) is 26.2 Å². The highest BCUT2D eigenvalue weighted by Gasteiger charge is 2.16. The van der Waals surface area contributed by atoms with E-state index in [4.69, 9.17) is 9.47 Å². The third-order valence-corrected chi connectivity index (χ3v) is 1.52. The summed E-state index contributed by atoms with van der Waals surface area (Å²) < 4.78 is 10.3. The SMILES string of the molecule is O=[N+]([O-])CCC1COCCO1. The molecule has 0 spiro atoms. The van der Waals surface area contributed by atoms with Crippen molar-refractivity contribution in [2.45, 2.75) is 12.5 Å². The molecular weight excluding hydrogens is 150 g/mol. The molecule has 0 saturated carbocycles. The van der Waals surface area contributed by atoms with Gasteiger partial charge in [0.15, 0.2) is 0 Å². The first-order chi connectivity index (χ1) is 5.29. The smallest absolute Gasteiger partial charge is 0.206 e. The molecule has 1 aliphatic heterocycles. The molecule has 0 bridgehead atoms. The molecule has 64 valence electrons. The summed E-state index contributed by atoms with van der Waals surface area (Å²) in [7, 11) is 0. The summed E-state index contributed by atoms with van der Waals surface area (Å²) in [5.41, 5.74) is 0. The Morgan fingerprint density at radius 3 is 2.91 bits per heavy atom. The number of nitrogens with zero attached hydrogens (tertiary/aromatic N) is 1. The highest BCUT2D eigenvalue weighted by atomic mass is 16.6. The third-order valence-electron chi connectivity index (χ3n) is 1.52. The molecule has 1 unspecified atom stereocenters. The Hall–Kier alpha value is -0.680. The molecule has 5 nitrogen and oxygen atoms in total. The van der Waals surface area contributed by atoms with Crippen molar-refractivity contribution in [1.82, 2.24) is 0 Å². The van der Waals surface area contributed by atoms with Crippen molar-refractivity contribution in [3.8, 4) is 0 Å². The fourth-order valence-corrected chi connectivity index (χ4v) is 0.953. The molecule has 1 rings (SSSR count). The Morgan fingerprint density at radius 1 is 1.55 bits per heavy atom. The van der Waals surface area contributed by atoms with Crippen LogP contribution in [0.2, 0.25) is 0 Å². The molecule has 0 aliphatic carbocycles. The molecule has 0 amide bonds. The van der Waals surface area contributed by atoms with Gasteiger partial charge in [0, 0.05) is 11.3 Å². The van der Waals surface area contributed by atoms with Crippen LogP contribution in [0.1, 0.15) is 6.42 Å². The van der Waals surface area contributed by atoms with Gasteiger partial charge in [-0.15, -0.1) is 0 Å². The average molecular weight is 161 g/mol. The minimum Gasteiger partial charge on any atom is -0.376 e. The van der Waals surface area contributed by atoms with Crippen molar-refractivity contribution in [3.05, 3.63) is 10.1 Å². The Kier molecular flexibility index (Phi) is 3.25. The van der Waals surface area contributed by atoms with Gasteiger partial charge in [-0.25, -0.2) is 0 Å². The van der Waals surface area contributed by atoms with Crippen LogP contribution in [0.25, 0.3) is 0 Å². The zero-order valence-corrected chi connectivity index (χ0v) is 6.19. The van der Waals surface area contributed by atoms with E-state index in [1.54, 1.807) is 0 Å².